The summed E-state index contributed by atoms with van der Waals surface area (Å²) in [5, 5.41) is 2.78. The van der Waals surface area contributed by atoms with Gasteiger partial charge in [0.2, 0.25) is 0 Å². The fraction of sp³-hybridized carbons (Fsp3) is 0.125. The van der Waals surface area contributed by atoms with Gasteiger partial charge in [0, 0.05) is 23.5 Å². The summed E-state index contributed by atoms with van der Waals surface area (Å²) in [6, 6.07) is 13.3. The molecule has 102 valence electrons. The van der Waals surface area contributed by atoms with Crippen molar-refractivity contribution in [2.75, 3.05) is 11.9 Å². The summed E-state index contributed by atoms with van der Waals surface area (Å²) in [6.45, 7) is 2.40. The van der Waals surface area contributed by atoms with E-state index in [1.165, 1.54) is 12.3 Å². The van der Waals surface area contributed by atoms with Gasteiger partial charge in [-0.25, -0.2) is 0 Å². The monoisotopic (exact) mass is 268 g/mol. The Labute approximate surface area is 118 Å². The highest BCUT2D eigenvalue weighted by Crippen LogP contribution is 2.20. The highest BCUT2D eigenvalue weighted by Gasteiger charge is 2.02. The predicted molar refractivity (Wildman–Crippen MR) is 79.1 cm³/mol. The van der Waals surface area contributed by atoms with Gasteiger partial charge in [-0.1, -0.05) is 18.2 Å². The Kier molecular flexibility index (Phi) is 4.89. The second-order valence-electron chi connectivity index (χ2n) is 4.04. The molecule has 0 fully saturated rings. The van der Waals surface area contributed by atoms with Gasteiger partial charge in [0.1, 0.15) is 0 Å². The lowest BCUT2D eigenvalue weighted by Gasteiger charge is -2.05. The summed E-state index contributed by atoms with van der Waals surface area (Å²) >= 11 is 0. The number of ether oxygens (including phenoxy) is 1. The van der Waals surface area contributed by atoms with Crippen LogP contribution in [0, 0.1) is 0 Å². The summed E-state index contributed by atoms with van der Waals surface area (Å²) in [6.07, 6.45) is 4.49. The summed E-state index contributed by atoms with van der Waals surface area (Å²) < 4.78 is 4.98. The second kappa shape index (κ2) is 7.09. The molecule has 0 aliphatic rings. The van der Waals surface area contributed by atoms with E-state index in [2.05, 4.69) is 10.3 Å². The SMILES string of the molecule is CCO/C=C\C(=O)Nc1cccc(-c2ccccn2)c1. The number of nitrogens with zero attached hydrogens (tertiary/aromatic N) is 1. The molecular weight excluding hydrogens is 252 g/mol. The van der Waals surface area contributed by atoms with Gasteiger partial charge in [0.15, 0.2) is 0 Å². The number of benzene rings is 1. The van der Waals surface area contributed by atoms with Gasteiger partial charge in [-0.15, -0.1) is 0 Å². The van der Waals surface area contributed by atoms with Gasteiger partial charge in [-0.05, 0) is 31.2 Å². The molecule has 1 N–H and O–H groups in total. The van der Waals surface area contributed by atoms with Crippen molar-refractivity contribution in [2.45, 2.75) is 6.92 Å². The Morgan fingerprint density at radius 2 is 2.20 bits per heavy atom. The quantitative estimate of drug-likeness (QED) is 0.669. The number of hydrogen-bond acceptors (Lipinski definition) is 3. The van der Waals surface area contributed by atoms with E-state index in [-0.39, 0.29) is 5.91 Å². The summed E-state index contributed by atoms with van der Waals surface area (Å²) in [5.74, 6) is -0.225. The lowest BCUT2D eigenvalue weighted by Crippen LogP contribution is -2.08. The Morgan fingerprint density at radius 3 is 2.95 bits per heavy atom. The number of amides is 1. The second-order valence-corrected chi connectivity index (χ2v) is 4.04. The van der Waals surface area contributed by atoms with Crippen molar-refractivity contribution >= 4 is 11.6 Å². The van der Waals surface area contributed by atoms with Crippen molar-refractivity contribution in [3.63, 3.8) is 0 Å². The van der Waals surface area contributed by atoms with Crippen LogP contribution in [0.15, 0.2) is 61.0 Å². The first-order valence-electron chi connectivity index (χ1n) is 6.40. The third kappa shape index (κ3) is 3.95. The summed E-state index contributed by atoms with van der Waals surface area (Å²) in [7, 11) is 0. The van der Waals surface area contributed by atoms with Crippen molar-refractivity contribution in [3.05, 3.63) is 61.0 Å². The van der Waals surface area contributed by atoms with Crippen molar-refractivity contribution < 1.29 is 9.53 Å². The third-order valence-corrected chi connectivity index (χ3v) is 2.57. The van der Waals surface area contributed by atoms with Gasteiger partial charge >= 0.3 is 0 Å². The van der Waals surface area contributed by atoms with Crippen LogP contribution in [0.1, 0.15) is 6.92 Å². The molecule has 1 amide bonds. The molecule has 0 atom stereocenters. The van der Waals surface area contributed by atoms with Crippen molar-refractivity contribution in [2.24, 2.45) is 0 Å². The molecule has 0 radical (unpaired) electrons. The molecule has 0 saturated carbocycles. The first-order chi connectivity index (χ1) is 9.79. The van der Waals surface area contributed by atoms with Crippen LogP contribution in [0.2, 0.25) is 0 Å². The van der Waals surface area contributed by atoms with Crippen molar-refractivity contribution in [3.8, 4) is 11.3 Å². The van der Waals surface area contributed by atoms with E-state index >= 15 is 0 Å². The van der Waals surface area contributed by atoms with Crippen LogP contribution in [0.25, 0.3) is 11.3 Å². The Morgan fingerprint density at radius 1 is 1.30 bits per heavy atom. The van der Waals surface area contributed by atoms with Crippen LogP contribution >= 0.6 is 0 Å². The number of pyridine rings is 1. The van der Waals surface area contributed by atoms with Gasteiger partial charge in [0.05, 0.1) is 18.6 Å². The smallest absolute Gasteiger partial charge is 0.251 e. The minimum atomic E-state index is -0.225. The van der Waals surface area contributed by atoms with Crippen LogP contribution in [-0.4, -0.2) is 17.5 Å². The molecule has 4 heteroatoms. The molecule has 4 nitrogen and oxygen atoms in total. The van der Waals surface area contributed by atoms with Crippen LogP contribution < -0.4 is 5.32 Å². The van der Waals surface area contributed by atoms with Gasteiger partial charge in [-0.3, -0.25) is 9.78 Å². The molecule has 1 aromatic carbocycles. The van der Waals surface area contributed by atoms with Crippen LogP contribution in [0.5, 0.6) is 0 Å². The largest absolute Gasteiger partial charge is 0.501 e. The Bertz CT molecular complexity index is 594. The number of hydrogen-bond donors (Lipinski definition) is 1. The fourth-order valence-corrected chi connectivity index (χ4v) is 1.68. The highest BCUT2D eigenvalue weighted by atomic mass is 16.5. The molecule has 20 heavy (non-hydrogen) atoms. The van der Waals surface area contributed by atoms with Gasteiger partial charge < -0.3 is 10.1 Å². The summed E-state index contributed by atoms with van der Waals surface area (Å²) in [4.78, 5) is 15.9. The lowest BCUT2D eigenvalue weighted by molar-refractivity contribution is -0.112. The van der Waals surface area contributed by atoms with E-state index in [1.807, 2.05) is 49.4 Å². The molecule has 0 unspecified atom stereocenters. The molecule has 0 spiro atoms. The Hall–Kier alpha value is -2.62. The van der Waals surface area contributed by atoms with E-state index < -0.39 is 0 Å². The minimum absolute atomic E-state index is 0.225. The van der Waals surface area contributed by atoms with E-state index in [0.29, 0.717) is 6.61 Å². The minimum Gasteiger partial charge on any atom is -0.501 e. The molecular formula is C16H16N2O2. The zero-order valence-electron chi connectivity index (χ0n) is 11.2. The van der Waals surface area contributed by atoms with E-state index in [0.717, 1.165) is 16.9 Å². The van der Waals surface area contributed by atoms with Crippen LogP contribution in [-0.2, 0) is 9.53 Å². The molecule has 0 aliphatic heterocycles. The standard InChI is InChI=1S/C16H16N2O2/c1-2-20-11-9-16(19)18-14-7-5-6-13(12-14)15-8-3-4-10-17-15/h3-12H,2H2,1H3,(H,18,19)/b11-9-. The molecule has 0 aliphatic carbocycles. The molecule has 1 aromatic heterocycles. The number of rotatable bonds is 5. The molecule has 0 bridgehead atoms. The van der Waals surface area contributed by atoms with Crippen molar-refractivity contribution in [1.29, 1.82) is 0 Å². The van der Waals surface area contributed by atoms with Crippen LogP contribution in [0.3, 0.4) is 0 Å². The Balaban J connectivity index is 2.09. The van der Waals surface area contributed by atoms with E-state index in [9.17, 15) is 4.79 Å². The highest BCUT2D eigenvalue weighted by molar-refractivity contribution is 5.99. The van der Waals surface area contributed by atoms with Crippen molar-refractivity contribution in [1.82, 2.24) is 4.98 Å². The third-order valence-electron chi connectivity index (χ3n) is 2.57. The molecule has 2 aromatic rings. The molecule has 0 saturated heterocycles. The van der Waals surface area contributed by atoms with Crippen LogP contribution in [0.4, 0.5) is 5.69 Å². The number of carbonyl (C=O) groups is 1. The zero-order valence-corrected chi connectivity index (χ0v) is 11.2. The first kappa shape index (κ1) is 13.8. The maximum atomic E-state index is 11.6. The van der Waals surface area contributed by atoms with Gasteiger partial charge in [-0.2, -0.15) is 0 Å². The zero-order chi connectivity index (χ0) is 14.2. The maximum absolute atomic E-state index is 11.6. The normalized spacial score (nSPS) is 10.4. The predicted octanol–water partition coefficient (Wildman–Crippen LogP) is 3.24. The van der Waals surface area contributed by atoms with E-state index in [4.69, 9.17) is 4.74 Å². The molecule has 2 rings (SSSR count). The fourth-order valence-electron chi connectivity index (χ4n) is 1.68. The lowest BCUT2D eigenvalue weighted by atomic mass is 10.1. The van der Waals surface area contributed by atoms with Gasteiger partial charge in [0.25, 0.3) is 5.91 Å². The summed E-state index contributed by atoms with van der Waals surface area (Å²) in [5.41, 5.74) is 2.55. The average molecular weight is 268 g/mol. The number of aromatic nitrogens is 1. The topological polar surface area (TPSA) is 51.2 Å². The van der Waals surface area contributed by atoms with E-state index in [1.54, 1.807) is 6.20 Å². The number of carbonyl (C=O) groups excluding carboxylic acids is 1. The number of anilines is 1. The maximum Gasteiger partial charge on any atom is 0.251 e. The molecule has 1 heterocycles. The number of nitrogens with one attached hydrogen (secondary N) is 1. The average Bonchev–Trinajstić information content (AvgIpc) is 2.49. The first-order valence-corrected chi connectivity index (χ1v) is 6.40.